The summed E-state index contributed by atoms with van der Waals surface area (Å²) < 4.78 is 5.10. The van der Waals surface area contributed by atoms with E-state index in [0.29, 0.717) is 11.8 Å². The molecule has 1 aliphatic rings. The second-order valence-corrected chi connectivity index (χ2v) is 7.63. The van der Waals surface area contributed by atoms with Crippen molar-refractivity contribution in [3.63, 3.8) is 0 Å². The summed E-state index contributed by atoms with van der Waals surface area (Å²) in [7, 11) is 3.71. The van der Waals surface area contributed by atoms with Crippen molar-refractivity contribution in [1.29, 1.82) is 0 Å². The molecule has 5 nitrogen and oxygen atoms in total. The van der Waals surface area contributed by atoms with E-state index in [4.69, 9.17) is 4.74 Å². The number of nitrogens with zero attached hydrogens (tertiary/aromatic N) is 1. The van der Waals surface area contributed by atoms with E-state index in [1.54, 1.807) is 7.11 Å². The zero-order chi connectivity index (χ0) is 17.8. The van der Waals surface area contributed by atoms with Gasteiger partial charge in [-0.3, -0.25) is 0 Å². The molecular weight excluding hydrogens is 302 g/mol. The second-order valence-electron chi connectivity index (χ2n) is 7.63. The van der Waals surface area contributed by atoms with Crippen LogP contribution in [0.3, 0.4) is 0 Å². The van der Waals surface area contributed by atoms with Crippen LogP contribution < -0.4 is 10.6 Å². The van der Waals surface area contributed by atoms with Gasteiger partial charge in [0.2, 0.25) is 0 Å². The first-order valence-electron chi connectivity index (χ1n) is 9.75. The van der Waals surface area contributed by atoms with Crippen LogP contribution in [0.2, 0.25) is 0 Å². The van der Waals surface area contributed by atoms with E-state index < -0.39 is 0 Å². The number of rotatable bonds is 11. The molecule has 0 aromatic heterocycles. The third-order valence-corrected chi connectivity index (χ3v) is 4.80. The largest absolute Gasteiger partial charge is 0.385 e. The van der Waals surface area contributed by atoms with Crippen LogP contribution in [0.1, 0.15) is 58.8 Å². The van der Waals surface area contributed by atoms with Crippen molar-refractivity contribution in [3.05, 3.63) is 0 Å². The Balaban J connectivity index is 2.34. The minimum atomic E-state index is 0.125. The second kappa shape index (κ2) is 12.5. The van der Waals surface area contributed by atoms with Gasteiger partial charge in [-0.05, 0) is 51.0 Å². The third-order valence-electron chi connectivity index (χ3n) is 4.80. The summed E-state index contributed by atoms with van der Waals surface area (Å²) in [6, 6.07) is 0.344. The zero-order valence-electron chi connectivity index (χ0n) is 16.3. The number of carbonyl (C=O) groups is 1. The number of urea groups is 1. The number of ether oxygens (including phenoxy) is 1. The molecule has 0 radical (unpaired) electrons. The van der Waals surface area contributed by atoms with Crippen LogP contribution in [-0.2, 0) is 4.74 Å². The van der Waals surface area contributed by atoms with Gasteiger partial charge in [0, 0.05) is 39.4 Å². The van der Waals surface area contributed by atoms with Gasteiger partial charge in [0.1, 0.15) is 0 Å². The summed E-state index contributed by atoms with van der Waals surface area (Å²) in [4.78, 5) is 14.6. The van der Waals surface area contributed by atoms with E-state index >= 15 is 0 Å². The van der Waals surface area contributed by atoms with Crippen molar-refractivity contribution in [2.45, 2.75) is 64.8 Å². The number of likely N-dealkylation sites (tertiary alicyclic amines) is 1. The van der Waals surface area contributed by atoms with E-state index in [1.807, 2.05) is 11.9 Å². The number of nitrogens with one attached hydrogen (secondary N) is 2. The first-order chi connectivity index (χ1) is 11.6. The van der Waals surface area contributed by atoms with Crippen molar-refractivity contribution in [2.75, 3.05) is 40.4 Å². The van der Waals surface area contributed by atoms with E-state index in [1.165, 1.54) is 25.7 Å². The standard InChI is InChI=1S/C19H39N3O2/c1-16(2)13-18(14-20-3)21-19(23)22-11-8-10-17(15-22)9-6-5-7-12-24-4/h16-18,20H,5-15H2,1-4H3,(H,21,23)/t17-,18+/m1/s1. The molecule has 2 atom stereocenters. The van der Waals surface area contributed by atoms with Crippen LogP contribution in [0.4, 0.5) is 4.79 Å². The first-order valence-corrected chi connectivity index (χ1v) is 9.75. The lowest BCUT2D eigenvalue weighted by molar-refractivity contribution is 0.155. The van der Waals surface area contributed by atoms with Gasteiger partial charge in [0.15, 0.2) is 0 Å². The smallest absolute Gasteiger partial charge is 0.317 e. The molecular formula is C19H39N3O2. The molecule has 0 saturated carbocycles. The summed E-state index contributed by atoms with van der Waals surface area (Å²) >= 11 is 0. The van der Waals surface area contributed by atoms with Gasteiger partial charge in [-0.15, -0.1) is 0 Å². The molecule has 142 valence electrons. The Hall–Kier alpha value is -0.810. The summed E-state index contributed by atoms with van der Waals surface area (Å²) in [5, 5.41) is 6.42. The maximum atomic E-state index is 12.6. The number of likely N-dealkylation sites (N-methyl/N-ethyl adjacent to an activating group) is 1. The molecule has 0 unspecified atom stereocenters. The van der Waals surface area contributed by atoms with E-state index in [0.717, 1.165) is 45.5 Å². The summed E-state index contributed by atoms with van der Waals surface area (Å²) in [5.74, 6) is 1.25. The summed E-state index contributed by atoms with van der Waals surface area (Å²) in [5.41, 5.74) is 0. The predicted octanol–water partition coefficient (Wildman–Crippen LogP) is 3.25. The highest BCUT2D eigenvalue weighted by Gasteiger charge is 2.25. The lowest BCUT2D eigenvalue weighted by Crippen LogP contribution is -2.51. The van der Waals surface area contributed by atoms with E-state index in [9.17, 15) is 4.79 Å². The fourth-order valence-corrected chi connectivity index (χ4v) is 3.62. The van der Waals surface area contributed by atoms with Crippen LogP contribution in [0, 0.1) is 11.8 Å². The van der Waals surface area contributed by atoms with E-state index in [-0.39, 0.29) is 12.1 Å². The van der Waals surface area contributed by atoms with Gasteiger partial charge in [0.05, 0.1) is 0 Å². The van der Waals surface area contributed by atoms with Crippen LogP contribution >= 0.6 is 0 Å². The van der Waals surface area contributed by atoms with Gasteiger partial charge in [-0.1, -0.05) is 26.7 Å². The number of hydrogen-bond donors (Lipinski definition) is 2. The quantitative estimate of drug-likeness (QED) is 0.567. The molecule has 0 aromatic carbocycles. The van der Waals surface area contributed by atoms with Gasteiger partial charge < -0.3 is 20.3 Å². The molecule has 0 aromatic rings. The monoisotopic (exact) mass is 341 g/mol. The van der Waals surface area contributed by atoms with Crippen LogP contribution in [0.25, 0.3) is 0 Å². The van der Waals surface area contributed by atoms with Crippen molar-refractivity contribution in [3.8, 4) is 0 Å². The Kier molecular flexibility index (Phi) is 11.1. The maximum absolute atomic E-state index is 12.6. The molecule has 1 fully saturated rings. The lowest BCUT2D eigenvalue weighted by Gasteiger charge is -2.34. The molecule has 0 spiro atoms. The Morgan fingerprint density at radius 2 is 2.08 bits per heavy atom. The molecule has 0 aliphatic carbocycles. The highest BCUT2D eigenvalue weighted by atomic mass is 16.5. The summed E-state index contributed by atoms with van der Waals surface area (Å²) in [6.45, 7) is 7.93. The van der Waals surface area contributed by atoms with Crippen molar-refractivity contribution < 1.29 is 9.53 Å². The van der Waals surface area contributed by atoms with Crippen molar-refractivity contribution in [1.82, 2.24) is 15.5 Å². The van der Waals surface area contributed by atoms with Crippen molar-refractivity contribution in [2.24, 2.45) is 11.8 Å². The number of hydrogen-bond acceptors (Lipinski definition) is 3. The Morgan fingerprint density at radius 3 is 2.75 bits per heavy atom. The van der Waals surface area contributed by atoms with Gasteiger partial charge >= 0.3 is 6.03 Å². The molecule has 1 rings (SSSR count). The van der Waals surface area contributed by atoms with Gasteiger partial charge in [0.25, 0.3) is 0 Å². The Morgan fingerprint density at radius 1 is 1.29 bits per heavy atom. The number of unbranched alkanes of at least 4 members (excludes halogenated alkanes) is 2. The Labute approximate surface area is 148 Å². The molecule has 2 amide bonds. The number of amides is 2. The van der Waals surface area contributed by atoms with Gasteiger partial charge in [-0.2, -0.15) is 0 Å². The topological polar surface area (TPSA) is 53.6 Å². The minimum absolute atomic E-state index is 0.125. The molecule has 1 aliphatic heterocycles. The fraction of sp³-hybridized carbons (Fsp3) is 0.947. The number of piperidine rings is 1. The number of methoxy groups -OCH3 is 1. The van der Waals surface area contributed by atoms with Gasteiger partial charge in [-0.25, -0.2) is 4.79 Å². The summed E-state index contributed by atoms with van der Waals surface area (Å²) in [6.07, 6.45) is 8.28. The average molecular weight is 342 g/mol. The van der Waals surface area contributed by atoms with Crippen LogP contribution in [0.5, 0.6) is 0 Å². The molecule has 1 saturated heterocycles. The normalized spacial score (nSPS) is 19.5. The molecule has 24 heavy (non-hydrogen) atoms. The zero-order valence-corrected chi connectivity index (χ0v) is 16.3. The predicted molar refractivity (Wildman–Crippen MR) is 100 cm³/mol. The molecule has 1 heterocycles. The number of carbonyl (C=O) groups excluding carboxylic acids is 1. The molecule has 0 bridgehead atoms. The molecule has 2 N–H and O–H groups in total. The first kappa shape index (κ1) is 21.2. The van der Waals surface area contributed by atoms with Crippen molar-refractivity contribution >= 4 is 6.03 Å². The van der Waals surface area contributed by atoms with Crippen LogP contribution in [0.15, 0.2) is 0 Å². The highest BCUT2D eigenvalue weighted by Crippen LogP contribution is 2.22. The minimum Gasteiger partial charge on any atom is -0.385 e. The maximum Gasteiger partial charge on any atom is 0.317 e. The Bertz CT molecular complexity index is 337. The lowest BCUT2D eigenvalue weighted by atomic mass is 9.92. The van der Waals surface area contributed by atoms with Crippen LogP contribution in [-0.4, -0.2) is 57.4 Å². The highest BCUT2D eigenvalue weighted by molar-refractivity contribution is 5.74. The average Bonchev–Trinajstić information content (AvgIpc) is 2.54. The molecule has 5 heteroatoms. The third kappa shape index (κ3) is 8.88. The fourth-order valence-electron chi connectivity index (χ4n) is 3.62. The van der Waals surface area contributed by atoms with E-state index in [2.05, 4.69) is 24.5 Å². The SMILES string of the molecule is CNC[C@H](CC(C)C)NC(=O)N1CCC[C@@H](CCCCCOC)C1.